The summed E-state index contributed by atoms with van der Waals surface area (Å²) in [7, 11) is -6.50. The van der Waals surface area contributed by atoms with Crippen LogP contribution in [-0.4, -0.2) is 111 Å². The Bertz CT molecular complexity index is 2280. The van der Waals surface area contributed by atoms with Gasteiger partial charge < -0.3 is 19.3 Å². The predicted octanol–water partition coefficient (Wildman–Crippen LogP) is 8.11. The van der Waals surface area contributed by atoms with Crippen LogP contribution in [0.2, 0.25) is 0 Å². The van der Waals surface area contributed by atoms with E-state index in [9.17, 15) is 44.8 Å². The third-order valence-electron chi connectivity index (χ3n) is 10.6. The Morgan fingerprint density at radius 3 is 1.36 bits per heavy atom. The molecule has 18 heteroatoms. The van der Waals surface area contributed by atoms with Crippen LogP contribution in [0.1, 0.15) is 105 Å². The Kier molecular flexibility index (Phi) is 21.7. The van der Waals surface area contributed by atoms with Gasteiger partial charge in [-0.1, -0.05) is 78.0 Å². The molecule has 0 bridgehead atoms. The molecule has 0 aromatic heterocycles. The molecule has 2 heterocycles. The predicted molar refractivity (Wildman–Crippen MR) is 255 cm³/mol. The summed E-state index contributed by atoms with van der Waals surface area (Å²) >= 11 is 0. The average molecular weight is 965 g/mol. The average Bonchev–Trinajstić information content (AvgIpc) is 3.53. The minimum Gasteiger partial charge on any atom is -0.490 e. The topological polar surface area (TPSA) is 186 Å². The lowest BCUT2D eigenvalue weighted by atomic mass is 10.0. The first-order chi connectivity index (χ1) is 30.6. The summed E-state index contributed by atoms with van der Waals surface area (Å²) in [5.41, 5.74) is -0.209. The number of nitrogens with zero attached hydrogens (tertiary/aromatic N) is 2. The van der Waals surface area contributed by atoms with Gasteiger partial charge in [-0.15, -0.1) is 13.2 Å². The van der Waals surface area contributed by atoms with Crippen LogP contribution in [0.3, 0.4) is 0 Å². The molecule has 2 aromatic carbocycles. The lowest BCUT2D eigenvalue weighted by molar-refractivity contribution is -0.125. The minimum atomic E-state index is -3.35. The van der Waals surface area contributed by atoms with E-state index >= 15 is 0 Å². The van der Waals surface area contributed by atoms with Crippen molar-refractivity contribution < 1.29 is 54.3 Å². The standard InChI is InChI=1S/C23H33FN2O5S.C17H25FO3S.C8H12N2O2/c1-16(2)14-31-20-13-18(9-10-19(20)24)17(3)15-32(29,30)12-8-6-7-11-26-22(28)25-21(27)23(26,4)5;1-5-6-9-22(19,20)12-14(4)15-7-8-16(18)17(10-15)21-11-13(2)3;1-4-5-10-7(12)9-6(11)8(10,2)3/h6-7,9-10,13,16-17H,8,11-12,14-15H2,1-5H3,(H,25,27,28);5,7-8,10,13-14H,1,6,9,11-12H2,2-4H3;4H,1,5H2,2-3H3,(H,9,11,12)/t17-;14-;/m00./s1. The van der Waals surface area contributed by atoms with Crippen LogP contribution < -0.4 is 20.1 Å². The Morgan fingerprint density at radius 2 is 1.02 bits per heavy atom. The SMILES string of the molecule is C=CCCS(=O)(=O)C[C@H](C)c1ccc(F)c(OCC(C)C)c1.C=CCN1C(=O)NC(=O)C1(C)C.CC(C)COc1cc([C@@H](C)CS(=O)(=O)CCC=CCN2C(=O)NC(=O)C2(C)C)ccc1F. The number of hydrogen-bond acceptors (Lipinski definition) is 10. The van der Waals surface area contributed by atoms with Gasteiger partial charge in [0, 0.05) is 13.1 Å². The largest absolute Gasteiger partial charge is 0.490 e. The second kappa shape index (κ2) is 25.1. The fourth-order valence-corrected chi connectivity index (χ4v) is 9.72. The number of amides is 6. The molecule has 14 nitrogen and oxygen atoms in total. The molecule has 6 amide bonds. The quantitative estimate of drug-likeness (QED) is 0.0863. The Hall–Kier alpha value is -5.10. The molecule has 2 saturated heterocycles. The van der Waals surface area contributed by atoms with Crippen LogP contribution in [0, 0.1) is 23.5 Å². The summed E-state index contributed by atoms with van der Waals surface area (Å²) < 4.78 is 87.7. The molecule has 0 unspecified atom stereocenters. The number of imide groups is 2. The van der Waals surface area contributed by atoms with Gasteiger partial charge in [-0.05, 0) is 99.6 Å². The maximum atomic E-state index is 14.0. The molecule has 66 heavy (non-hydrogen) atoms. The number of sulfone groups is 2. The van der Waals surface area contributed by atoms with Gasteiger partial charge in [0.15, 0.2) is 42.8 Å². The van der Waals surface area contributed by atoms with Crippen molar-refractivity contribution in [1.29, 1.82) is 0 Å². The molecule has 2 aromatic rings. The normalized spacial score (nSPS) is 16.6. The van der Waals surface area contributed by atoms with E-state index in [1.165, 1.54) is 21.9 Å². The highest BCUT2D eigenvalue weighted by atomic mass is 32.2. The number of halogens is 2. The van der Waals surface area contributed by atoms with Gasteiger partial charge in [-0.2, -0.15) is 0 Å². The highest BCUT2D eigenvalue weighted by Crippen LogP contribution is 2.28. The van der Waals surface area contributed by atoms with E-state index in [0.29, 0.717) is 44.1 Å². The smallest absolute Gasteiger partial charge is 0.325 e. The fraction of sp³-hybridized carbons (Fsp3) is 0.542. The van der Waals surface area contributed by atoms with Crippen LogP contribution in [-0.2, 0) is 29.3 Å². The molecule has 2 aliphatic heterocycles. The molecule has 0 aliphatic carbocycles. The highest BCUT2D eigenvalue weighted by Gasteiger charge is 2.45. The lowest BCUT2D eigenvalue weighted by Gasteiger charge is -2.26. The monoisotopic (exact) mass is 964 g/mol. The van der Waals surface area contributed by atoms with Crippen molar-refractivity contribution in [3.05, 3.63) is 96.6 Å². The minimum absolute atomic E-state index is 0.0378. The third-order valence-corrected chi connectivity index (χ3v) is 14.3. The first-order valence-corrected chi connectivity index (χ1v) is 25.6. The van der Waals surface area contributed by atoms with Gasteiger partial charge >= 0.3 is 12.1 Å². The summed E-state index contributed by atoms with van der Waals surface area (Å²) in [6.45, 7) is 26.7. The molecule has 0 spiro atoms. The fourth-order valence-electron chi connectivity index (χ4n) is 6.46. The van der Waals surface area contributed by atoms with Crippen LogP contribution >= 0.6 is 0 Å². The number of hydrogen-bond donors (Lipinski definition) is 2. The van der Waals surface area contributed by atoms with Crippen molar-refractivity contribution in [2.75, 3.05) is 49.3 Å². The Balaban J connectivity index is 0.000000378. The van der Waals surface area contributed by atoms with Crippen LogP contribution in [0.4, 0.5) is 18.4 Å². The van der Waals surface area contributed by atoms with Crippen molar-refractivity contribution >= 4 is 43.6 Å². The van der Waals surface area contributed by atoms with E-state index in [-0.39, 0.29) is 76.7 Å². The number of allylic oxidation sites excluding steroid dienone is 2. The van der Waals surface area contributed by atoms with E-state index < -0.39 is 48.4 Å². The highest BCUT2D eigenvalue weighted by molar-refractivity contribution is 7.91. The summed E-state index contributed by atoms with van der Waals surface area (Å²) in [6.07, 6.45) is 7.32. The zero-order chi connectivity index (χ0) is 50.2. The second-order valence-electron chi connectivity index (χ2n) is 18.3. The molecule has 0 radical (unpaired) electrons. The van der Waals surface area contributed by atoms with Gasteiger partial charge in [0.1, 0.15) is 11.1 Å². The van der Waals surface area contributed by atoms with Crippen molar-refractivity contribution in [2.45, 2.75) is 105 Å². The number of carbonyl (C=O) groups is 4. The van der Waals surface area contributed by atoms with E-state index in [1.54, 1.807) is 83.2 Å². The van der Waals surface area contributed by atoms with Crippen molar-refractivity contribution in [1.82, 2.24) is 20.4 Å². The van der Waals surface area contributed by atoms with Gasteiger partial charge in [-0.25, -0.2) is 35.2 Å². The molecule has 368 valence electrons. The molecule has 0 saturated carbocycles. The van der Waals surface area contributed by atoms with E-state index in [4.69, 9.17) is 9.47 Å². The van der Waals surface area contributed by atoms with Gasteiger partial charge in [0.2, 0.25) is 0 Å². The molecular formula is C48H70F2N4O10S2. The first-order valence-electron chi connectivity index (χ1n) is 22.0. The van der Waals surface area contributed by atoms with E-state index in [2.05, 4.69) is 23.8 Å². The van der Waals surface area contributed by atoms with E-state index in [0.717, 1.165) is 5.56 Å². The summed E-state index contributed by atoms with van der Waals surface area (Å²) in [4.78, 5) is 48.8. The summed E-state index contributed by atoms with van der Waals surface area (Å²) in [5, 5.41) is 4.51. The van der Waals surface area contributed by atoms with E-state index in [1.807, 2.05) is 34.6 Å². The molecule has 2 atom stereocenters. The Morgan fingerprint density at radius 1 is 0.621 bits per heavy atom. The van der Waals surface area contributed by atoms with Crippen molar-refractivity contribution in [2.24, 2.45) is 11.8 Å². The van der Waals surface area contributed by atoms with Gasteiger partial charge in [0.05, 0.1) is 36.2 Å². The second-order valence-corrected chi connectivity index (χ2v) is 22.8. The maximum Gasteiger partial charge on any atom is 0.325 e. The number of urea groups is 2. The maximum absolute atomic E-state index is 14.0. The zero-order valence-corrected chi connectivity index (χ0v) is 41.8. The zero-order valence-electron chi connectivity index (χ0n) is 40.1. The van der Waals surface area contributed by atoms with Gasteiger partial charge in [0.25, 0.3) is 11.8 Å². The third kappa shape index (κ3) is 17.6. The lowest BCUT2D eigenvalue weighted by Crippen LogP contribution is -2.44. The summed E-state index contributed by atoms with van der Waals surface area (Å²) in [6, 6.07) is 8.21. The van der Waals surface area contributed by atoms with Crippen molar-refractivity contribution in [3.8, 4) is 11.5 Å². The van der Waals surface area contributed by atoms with Crippen LogP contribution in [0.5, 0.6) is 11.5 Å². The number of rotatable bonds is 22. The number of benzene rings is 2. The van der Waals surface area contributed by atoms with Gasteiger partial charge in [-0.3, -0.25) is 20.2 Å². The Labute approximate surface area is 391 Å². The summed E-state index contributed by atoms with van der Waals surface area (Å²) in [5.74, 6) is -1.14. The molecular weight excluding hydrogens is 895 g/mol. The molecule has 2 N–H and O–H groups in total. The molecule has 2 aliphatic rings. The van der Waals surface area contributed by atoms with Crippen molar-refractivity contribution in [3.63, 3.8) is 0 Å². The molecule has 4 rings (SSSR count). The van der Waals surface area contributed by atoms with Crippen LogP contribution in [0.25, 0.3) is 0 Å². The van der Waals surface area contributed by atoms with Crippen LogP contribution in [0.15, 0.2) is 73.9 Å². The number of ether oxygens (including phenoxy) is 2. The number of carbonyl (C=O) groups excluding carboxylic acids is 4. The number of nitrogens with one attached hydrogen (secondary N) is 2. The molecule has 2 fully saturated rings. The first kappa shape index (κ1) is 57.0.